The van der Waals surface area contributed by atoms with Gasteiger partial charge in [-0.3, -0.25) is 9.00 Å². The van der Waals surface area contributed by atoms with E-state index >= 15 is 0 Å². The number of hydrogen-bond donors (Lipinski definition) is 2. The van der Waals surface area contributed by atoms with Crippen LogP contribution in [-0.2, 0) is 10.8 Å². The molecule has 0 aliphatic heterocycles. The Morgan fingerprint density at radius 3 is 2.78 bits per heavy atom. The van der Waals surface area contributed by atoms with E-state index in [1.165, 1.54) is 6.26 Å². The third-order valence-corrected chi connectivity index (χ3v) is 3.98. The number of benzene rings is 1. The third kappa shape index (κ3) is 3.68. The van der Waals surface area contributed by atoms with Gasteiger partial charge in [-0.05, 0) is 19.1 Å². The van der Waals surface area contributed by atoms with E-state index in [0.717, 1.165) is 12.1 Å². The molecule has 4 nitrogen and oxygen atoms in total. The zero-order chi connectivity index (χ0) is 13.9. The van der Waals surface area contributed by atoms with Crippen molar-refractivity contribution >= 4 is 28.3 Å². The Bertz CT molecular complexity index is 495. The first-order valence-corrected chi connectivity index (χ1v) is 7.11. The van der Waals surface area contributed by atoms with Crippen LogP contribution in [0.4, 0.5) is 4.39 Å². The summed E-state index contributed by atoms with van der Waals surface area (Å²) in [4.78, 5) is 11.7. The van der Waals surface area contributed by atoms with Crippen LogP contribution in [-0.4, -0.2) is 33.3 Å². The van der Waals surface area contributed by atoms with Crippen molar-refractivity contribution in [2.45, 2.75) is 12.2 Å². The first kappa shape index (κ1) is 14.9. The van der Waals surface area contributed by atoms with E-state index in [2.05, 4.69) is 5.32 Å². The van der Waals surface area contributed by atoms with Crippen LogP contribution in [0.15, 0.2) is 12.1 Å². The molecule has 0 aromatic heterocycles. The van der Waals surface area contributed by atoms with Gasteiger partial charge in [0, 0.05) is 28.9 Å². The molecule has 1 amide bonds. The summed E-state index contributed by atoms with van der Waals surface area (Å²) in [6.45, 7) is 1.87. The zero-order valence-electron chi connectivity index (χ0n) is 9.87. The molecule has 2 N–H and O–H groups in total. The van der Waals surface area contributed by atoms with Gasteiger partial charge in [0.2, 0.25) is 0 Å². The molecule has 100 valence electrons. The molecule has 1 aromatic rings. The summed E-state index contributed by atoms with van der Waals surface area (Å²) in [6, 6.07) is 1.81. The Hall–Kier alpha value is -1.14. The van der Waals surface area contributed by atoms with Gasteiger partial charge < -0.3 is 10.4 Å². The highest BCUT2D eigenvalue weighted by Crippen LogP contribution is 2.28. The number of carbonyl (C=O) groups is 1. The summed E-state index contributed by atoms with van der Waals surface area (Å²) in [5.74, 6) is -1.85. The highest BCUT2D eigenvalue weighted by atomic mass is 35.5. The summed E-state index contributed by atoms with van der Waals surface area (Å²) in [5, 5.41) is 11.5. The van der Waals surface area contributed by atoms with Crippen molar-refractivity contribution in [2.75, 3.05) is 12.8 Å². The quantitative estimate of drug-likeness (QED) is 0.888. The van der Waals surface area contributed by atoms with Gasteiger partial charge in [0.05, 0.1) is 10.6 Å². The van der Waals surface area contributed by atoms with Gasteiger partial charge in [0.25, 0.3) is 5.91 Å². The Morgan fingerprint density at radius 1 is 1.61 bits per heavy atom. The van der Waals surface area contributed by atoms with Crippen LogP contribution in [0.1, 0.15) is 17.3 Å². The number of phenols is 1. The topological polar surface area (TPSA) is 66.4 Å². The first-order chi connectivity index (χ1) is 8.32. The fourth-order valence-corrected chi connectivity index (χ4v) is 1.71. The second kappa shape index (κ2) is 6.15. The van der Waals surface area contributed by atoms with Gasteiger partial charge >= 0.3 is 0 Å². The smallest absolute Gasteiger partial charge is 0.255 e. The van der Waals surface area contributed by atoms with Crippen molar-refractivity contribution in [1.82, 2.24) is 5.32 Å². The van der Waals surface area contributed by atoms with E-state index in [1.54, 1.807) is 6.92 Å². The van der Waals surface area contributed by atoms with Crippen LogP contribution in [0, 0.1) is 5.82 Å². The van der Waals surface area contributed by atoms with E-state index in [0.29, 0.717) is 0 Å². The number of carbonyl (C=O) groups excluding carboxylic acids is 1. The van der Waals surface area contributed by atoms with Crippen molar-refractivity contribution < 1.29 is 18.5 Å². The van der Waals surface area contributed by atoms with Crippen LogP contribution >= 0.6 is 11.6 Å². The molecule has 1 aromatic carbocycles. The lowest BCUT2D eigenvalue weighted by Crippen LogP contribution is -2.32. The lowest BCUT2D eigenvalue weighted by atomic mass is 10.2. The second-order valence-corrected chi connectivity index (χ2v) is 6.01. The van der Waals surface area contributed by atoms with E-state index < -0.39 is 28.3 Å². The van der Waals surface area contributed by atoms with E-state index in [9.17, 15) is 18.5 Å². The Morgan fingerprint density at radius 2 is 2.22 bits per heavy atom. The second-order valence-electron chi connectivity index (χ2n) is 3.80. The molecule has 18 heavy (non-hydrogen) atoms. The molecule has 1 rings (SSSR count). The van der Waals surface area contributed by atoms with Crippen LogP contribution in [0.25, 0.3) is 0 Å². The maximum Gasteiger partial charge on any atom is 0.255 e. The zero-order valence-corrected chi connectivity index (χ0v) is 11.4. The average Bonchev–Trinajstić information content (AvgIpc) is 2.29. The molecule has 0 bridgehead atoms. The summed E-state index contributed by atoms with van der Waals surface area (Å²) in [6.07, 6.45) is 1.52. The van der Waals surface area contributed by atoms with Gasteiger partial charge in [-0.15, -0.1) is 0 Å². The molecule has 7 heteroatoms. The van der Waals surface area contributed by atoms with Crippen LogP contribution in [0.3, 0.4) is 0 Å². The summed E-state index contributed by atoms with van der Waals surface area (Å²) in [5.41, 5.74) is -0.242. The lowest BCUT2D eigenvalue weighted by molar-refractivity contribution is 0.0951. The Kier molecular flexibility index (Phi) is 5.10. The summed E-state index contributed by atoms with van der Waals surface area (Å²) in [7, 11) is -1.07. The molecule has 0 heterocycles. The summed E-state index contributed by atoms with van der Waals surface area (Å²) >= 11 is 5.56. The fraction of sp³-hybridized carbons (Fsp3) is 0.364. The first-order valence-electron chi connectivity index (χ1n) is 5.11. The fourth-order valence-electron chi connectivity index (χ4n) is 1.19. The number of amides is 1. The van der Waals surface area contributed by atoms with E-state index in [4.69, 9.17) is 11.6 Å². The highest BCUT2D eigenvalue weighted by molar-refractivity contribution is 7.84. The average molecular weight is 294 g/mol. The van der Waals surface area contributed by atoms with Crippen molar-refractivity contribution in [3.63, 3.8) is 0 Å². The Labute approximate surface area is 112 Å². The van der Waals surface area contributed by atoms with Crippen molar-refractivity contribution in [3.8, 4) is 5.75 Å². The van der Waals surface area contributed by atoms with Gasteiger partial charge in [0.1, 0.15) is 11.6 Å². The number of hydrogen-bond acceptors (Lipinski definition) is 3. The standard InChI is InChI=1S/C11H13ClFNO3S/c1-6(18(2)17)5-14-11(16)8-3-7(13)4-9(12)10(8)15/h3-4,6,15H,5H2,1-2H3,(H,14,16)/t6-,18+/m1/s1. The van der Waals surface area contributed by atoms with Crippen LogP contribution < -0.4 is 5.32 Å². The van der Waals surface area contributed by atoms with Crippen molar-refractivity contribution in [2.24, 2.45) is 0 Å². The SMILES string of the molecule is C[C@H](CNC(=O)c1cc(F)cc(Cl)c1O)[S@](C)=O. The normalized spacial score (nSPS) is 14.0. The largest absolute Gasteiger partial charge is 0.506 e. The maximum atomic E-state index is 13.1. The maximum absolute atomic E-state index is 13.1. The Balaban J connectivity index is 2.82. The van der Waals surface area contributed by atoms with Gasteiger partial charge in [0.15, 0.2) is 0 Å². The molecular formula is C11H13ClFNO3S. The molecule has 0 unspecified atom stereocenters. The number of nitrogens with one attached hydrogen (secondary N) is 1. The molecule has 0 saturated carbocycles. The predicted octanol–water partition coefficient (Wildman–Crippen LogP) is 1.68. The minimum Gasteiger partial charge on any atom is -0.506 e. The van der Waals surface area contributed by atoms with E-state index in [-0.39, 0.29) is 22.4 Å². The number of halogens is 2. The third-order valence-electron chi connectivity index (χ3n) is 2.39. The number of rotatable bonds is 4. The monoisotopic (exact) mass is 293 g/mol. The highest BCUT2D eigenvalue weighted by Gasteiger charge is 2.17. The molecule has 0 spiro atoms. The molecule has 0 saturated heterocycles. The lowest BCUT2D eigenvalue weighted by Gasteiger charge is -2.11. The molecule has 0 aliphatic carbocycles. The van der Waals surface area contributed by atoms with Gasteiger partial charge in [-0.2, -0.15) is 0 Å². The van der Waals surface area contributed by atoms with Gasteiger partial charge in [-0.1, -0.05) is 11.6 Å². The molecule has 0 fully saturated rings. The van der Waals surface area contributed by atoms with Crippen molar-refractivity contribution in [1.29, 1.82) is 0 Å². The van der Waals surface area contributed by atoms with Gasteiger partial charge in [-0.25, -0.2) is 4.39 Å². The molecular weight excluding hydrogens is 281 g/mol. The van der Waals surface area contributed by atoms with Crippen molar-refractivity contribution in [3.05, 3.63) is 28.5 Å². The summed E-state index contributed by atoms with van der Waals surface area (Å²) < 4.78 is 24.2. The van der Waals surface area contributed by atoms with E-state index in [1.807, 2.05) is 0 Å². The van der Waals surface area contributed by atoms with Crippen LogP contribution in [0.5, 0.6) is 5.75 Å². The van der Waals surface area contributed by atoms with Crippen LogP contribution in [0.2, 0.25) is 5.02 Å². The predicted molar refractivity (Wildman–Crippen MR) is 68.9 cm³/mol. The molecule has 2 atom stereocenters. The molecule has 0 aliphatic rings. The molecule has 0 radical (unpaired) electrons. The number of phenolic OH excluding ortho intramolecular Hbond substituents is 1. The minimum absolute atomic E-state index is 0.162. The number of aromatic hydroxyl groups is 1. The minimum atomic E-state index is -1.07.